The molecule has 7 nitrogen and oxygen atoms in total. The minimum atomic E-state index is -1.29. The van der Waals surface area contributed by atoms with Crippen LogP contribution >= 0.6 is 0 Å². The number of unbranched alkanes of at least 4 members (excludes halogenated alkanes) is 13. The number of aromatic carboxylic acids is 2. The molecule has 1 rings (SSSR count). The smallest absolute Gasteiger partial charge is 0.372 e. The molecular weight excluding hydrogens is 436 g/mol. The summed E-state index contributed by atoms with van der Waals surface area (Å²) in [6.45, 7) is 3.73. The van der Waals surface area contributed by atoms with Crippen LogP contribution in [0.1, 0.15) is 130 Å². The Morgan fingerprint density at radius 1 is 0.618 bits per heavy atom. The molecule has 0 aliphatic carbocycles. The number of hydrogen-bond donors (Lipinski definition) is 3. The highest BCUT2D eigenvalue weighted by Gasteiger charge is 2.13. The lowest BCUT2D eigenvalue weighted by Crippen LogP contribution is -2.11. The van der Waals surface area contributed by atoms with Crippen LogP contribution in [0.5, 0.6) is 0 Å². The maximum atomic E-state index is 10.9. The van der Waals surface area contributed by atoms with Crippen LogP contribution in [0.25, 0.3) is 0 Å². The maximum absolute atomic E-state index is 10.9. The van der Waals surface area contributed by atoms with E-state index < -0.39 is 23.7 Å². The van der Waals surface area contributed by atoms with E-state index >= 15 is 0 Å². The first-order chi connectivity index (χ1) is 16.2. The van der Waals surface area contributed by atoms with Gasteiger partial charge in [0.2, 0.25) is 5.78 Å². The zero-order valence-electron chi connectivity index (χ0n) is 20.8. The molecular formula is C27H42O7. The molecule has 1 aromatic rings. The Kier molecular flexibility index (Phi) is 18.2. The zero-order chi connectivity index (χ0) is 25.8. The highest BCUT2D eigenvalue weighted by molar-refractivity contribution is 6.32. The molecule has 1 aromatic carbocycles. The van der Waals surface area contributed by atoms with Crippen molar-refractivity contribution in [3.8, 4) is 0 Å². The molecule has 7 heteroatoms. The molecule has 0 fully saturated rings. The quantitative estimate of drug-likeness (QED) is 0.154. The van der Waals surface area contributed by atoms with E-state index in [1.807, 2.05) is 0 Å². The molecule has 0 spiro atoms. The summed E-state index contributed by atoms with van der Waals surface area (Å²) in [6, 6.07) is 4.17. The Labute approximate surface area is 203 Å². The normalized spacial score (nSPS) is 10.3. The van der Waals surface area contributed by atoms with Gasteiger partial charge in [0, 0.05) is 6.42 Å². The molecule has 0 saturated heterocycles. The van der Waals surface area contributed by atoms with Gasteiger partial charge in [-0.25, -0.2) is 14.4 Å². The molecule has 0 atom stereocenters. The minimum absolute atomic E-state index is 0.0277. The Balaban J connectivity index is 0.000000712. The Hall–Kier alpha value is -2.70. The Morgan fingerprint density at radius 2 is 0.971 bits per heavy atom. The van der Waals surface area contributed by atoms with E-state index in [-0.39, 0.29) is 23.1 Å². The summed E-state index contributed by atoms with van der Waals surface area (Å²) in [5.74, 6) is -4.15. The van der Waals surface area contributed by atoms with Gasteiger partial charge in [-0.1, -0.05) is 96.5 Å². The number of aliphatic carboxylic acids is 1. The highest BCUT2D eigenvalue weighted by atomic mass is 16.4. The third-order valence-electron chi connectivity index (χ3n) is 5.79. The van der Waals surface area contributed by atoms with Crippen LogP contribution in [0.15, 0.2) is 18.2 Å². The highest BCUT2D eigenvalue weighted by Crippen LogP contribution is 2.14. The van der Waals surface area contributed by atoms with E-state index in [1.54, 1.807) is 0 Å². The van der Waals surface area contributed by atoms with E-state index in [2.05, 4.69) is 6.92 Å². The molecule has 34 heavy (non-hydrogen) atoms. The summed E-state index contributed by atoms with van der Waals surface area (Å²) >= 11 is 0. The van der Waals surface area contributed by atoms with Gasteiger partial charge >= 0.3 is 17.9 Å². The van der Waals surface area contributed by atoms with E-state index in [0.717, 1.165) is 19.3 Å². The molecule has 0 aromatic heterocycles. The maximum Gasteiger partial charge on any atom is 0.372 e. The average Bonchev–Trinajstić information content (AvgIpc) is 2.79. The fourth-order valence-corrected chi connectivity index (χ4v) is 3.69. The van der Waals surface area contributed by atoms with Crippen molar-refractivity contribution in [2.75, 3.05) is 0 Å². The molecule has 0 amide bonds. The fourth-order valence-electron chi connectivity index (χ4n) is 3.69. The minimum Gasteiger partial charge on any atom is -0.478 e. The van der Waals surface area contributed by atoms with Crippen LogP contribution in [0.4, 0.5) is 0 Å². The van der Waals surface area contributed by atoms with Crippen molar-refractivity contribution in [1.82, 2.24) is 0 Å². The van der Waals surface area contributed by atoms with Gasteiger partial charge in [-0.3, -0.25) is 4.79 Å². The SMILES string of the molecule is CCCCCCCCCCCCCCCCC(=O)C(=O)O.Cc1c(C(=O)O)cccc1C(=O)O. The second-order valence-corrected chi connectivity index (χ2v) is 8.66. The summed E-state index contributed by atoms with van der Waals surface area (Å²) < 4.78 is 0. The van der Waals surface area contributed by atoms with Crippen LogP contribution in [-0.4, -0.2) is 39.0 Å². The summed E-state index contributed by atoms with van der Waals surface area (Å²) in [6.07, 6.45) is 17.9. The van der Waals surface area contributed by atoms with Gasteiger partial charge in [-0.15, -0.1) is 0 Å². The van der Waals surface area contributed by atoms with Gasteiger partial charge in [0.1, 0.15) is 0 Å². The van der Waals surface area contributed by atoms with E-state index in [0.29, 0.717) is 0 Å². The first kappa shape index (κ1) is 31.3. The summed E-state index contributed by atoms with van der Waals surface area (Å²) in [5.41, 5.74) is 0.335. The molecule has 192 valence electrons. The standard InChI is InChI=1S/C18H34O3.C9H8O4/c1-2-3-4-5-6-7-8-9-10-11-12-13-14-15-16-17(19)18(20)21;1-5-6(8(10)11)3-2-4-7(5)9(12)13/h2-16H2,1H3,(H,20,21);2-4H,1H3,(H,10,11)(H,12,13). The molecule has 0 bridgehead atoms. The third-order valence-corrected chi connectivity index (χ3v) is 5.79. The number of Topliss-reactive ketones (excluding diaryl/α,β-unsaturated/α-hetero) is 1. The summed E-state index contributed by atoms with van der Waals surface area (Å²) in [5, 5.41) is 25.8. The molecule has 3 N–H and O–H groups in total. The van der Waals surface area contributed by atoms with Crippen molar-refractivity contribution in [2.45, 2.75) is 110 Å². The van der Waals surface area contributed by atoms with E-state index in [9.17, 15) is 19.2 Å². The lowest BCUT2D eigenvalue weighted by atomic mass is 10.0. The van der Waals surface area contributed by atoms with Gasteiger partial charge in [0.15, 0.2) is 0 Å². The number of carbonyl (C=O) groups excluding carboxylic acids is 1. The molecule has 0 heterocycles. The van der Waals surface area contributed by atoms with Crippen molar-refractivity contribution in [3.05, 3.63) is 34.9 Å². The second kappa shape index (κ2) is 19.7. The Morgan fingerprint density at radius 3 is 1.29 bits per heavy atom. The van der Waals surface area contributed by atoms with E-state index in [4.69, 9.17) is 15.3 Å². The number of benzene rings is 1. The van der Waals surface area contributed by atoms with Crippen molar-refractivity contribution in [2.24, 2.45) is 0 Å². The van der Waals surface area contributed by atoms with Gasteiger partial charge in [-0.05, 0) is 31.0 Å². The molecule has 0 unspecified atom stereocenters. The number of ketones is 1. The Bertz CT molecular complexity index is 723. The van der Waals surface area contributed by atoms with Crippen molar-refractivity contribution < 1.29 is 34.5 Å². The van der Waals surface area contributed by atoms with Crippen LogP contribution in [0.3, 0.4) is 0 Å². The first-order valence-corrected chi connectivity index (χ1v) is 12.5. The molecule has 0 aliphatic rings. The van der Waals surface area contributed by atoms with Gasteiger partial charge in [-0.2, -0.15) is 0 Å². The van der Waals surface area contributed by atoms with Crippen molar-refractivity contribution >= 4 is 23.7 Å². The van der Waals surface area contributed by atoms with Crippen LogP contribution < -0.4 is 0 Å². The largest absolute Gasteiger partial charge is 0.478 e. The zero-order valence-corrected chi connectivity index (χ0v) is 20.8. The van der Waals surface area contributed by atoms with E-state index in [1.165, 1.54) is 95.8 Å². The lowest BCUT2D eigenvalue weighted by molar-refractivity contribution is -0.149. The topological polar surface area (TPSA) is 129 Å². The van der Waals surface area contributed by atoms with Crippen LogP contribution in [0.2, 0.25) is 0 Å². The van der Waals surface area contributed by atoms with Gasteiger partial charge in [0.05, 0.1) is 11.1 Å². The third kappa shape index (κ3) is 15.2. The van der Waals surface area contributed by atoms with Crippen LogP contribution in [0, 0.1) is 6.92 Å². The number of hydrogen-bond acceptors (Lipinski definition) is 4. The number of carboxylic acids is 3. The average molecular weight is 479 g/mol. The lowest BCUT2D eigenvalue weighted by Gasteiger charge is -2.03. The predicted octanol–water partition coefficient (Wildman–Crippen LogP) is 6.90. The number of carbonyl (C=O) groups is 4. The molecule has 0 aliphatic heterocycles. The van der Waals surface area contributed by atoms with Crippen LogP contribution in [-0.2, 0) is 9.59 Å². The second-order valence-electron chi connectivity index (χ2n) is 8.66. The number of rotatable bonds is 18. The first-order valence-electron chi connectivity index (χ1n) is 12.5. The summed E-state index contributed by atoms with van der Waals surface area (Å²) in [4.78, 5) is 42.4. The summed E-state index contributed by atoms with van der Waals surface area (Å²) in [7, 11) is 0. The van der Waals surface area contributed by atoms with Gasteiger partial charge < -0.3 is 15.3 Å². The van der Waals surface area contributed by atoms with Crippen molar-refractivity contribution in [1.29, 1.82) is 0 Å². The molecule has 0 saturated carbocycles. The predicted molar refractivity (Wildman–Crippen MR) is 133 cm³/mol. The monoisotopic (exact) mass is 478 g/mol. The fraction of sp³-hybridized carbons (Fsp3) is 0.630. The number of carboxylic acid groups (broad SMARTS) is 3. The molecule has 0 radical (unpaired) electrons. The van der Waals surface area contributed by atoms with Crippen molar-refractivity contribution in [3.63, 3.8) is 0 Å². The van der Waals surface area contributed by atoms with Gasteiger partial charge in [0.25, 0.3) is 0 Å².